The molecule has 11 heteroatoms. The predicted octanol–water partition coefficient (Wildman–Crippen LogP) is 3.03. The van der Waals surface area contributed by atoms with E-state index in [0.717, 1.165) is 73.5 Å². The molecule has 3 atom stereocenters. The number of nitrogens with one attached hydrogen (secondary N) is 2. The number of anilines is 1. The van der Waals surface area contributed by atoms with Crippen molar-refractivity contribution in [3.05, 3.63) is 59.9 Å². The average Bonchev–Trinajstić information content (AvgIpc) is 3.49. The van der Waals surface area contributed by atoms with Gasteiger partial charge in [-0.2, -0.15) is 5.26 Å². The number of hydrogen-bond donors (Lipinski definition) is 4. The molecule has 2 aliphatic heterocycles. The number of carbonyl (C=O) groups is 1. The summed E-state index contributed by atoms with van der Waals surface area (Å²) >= 11 is 1.03. The van der Waals surface area contributed by atoms with Crippen molar-refractivity contribution in [1.29, 1.82) is 5.26 Å². The van der Waals surface area contributed by atoms with Gasteiger partial charge in [0.25, 0.3) is 5.91 Å². The van der Waals surface area contributed by atoms with Gasteiger partial charge in [-0.25, -0.2) is 0 Å². The minimum atomic E-state index is -1.12. The number of nitrogens with zero attached hydrogens (tertiary/aromatic N) is 2. The summed E-state index contributed by atoms with van der Waals surface area (Å²) in [5.74, 6) is 0.673. The van der Waals surface area contributed by atoms with Gasteiger partial charge < -0.3 is 34.2 Å². The molecular formula is C30H34N4O6S. The molecule has 10 nitrogen and oxygen atoms in total. The second kappa shape index (κ2) is 13.5. The summed E-state index contributed by atoms with van der Waals surface area (Å²) < 4.78 is 16.8. The Bertz CT molecular complexity index is 1440. The van der Waals surface area contributed by atoms with Crippen LogP contribution in [0.3, 0.4) is 0 Å². The summed E-state index contributed by atoms with van der Waals surface area (Å²) in [5.41, 5.74) is 2.24. The molecule has 0 saturated carbocycles. The van der Waals surface area contributed by atoms with Crippen LogP contribution in [0.4, 0.5) is 5.69 Å². The van der Waals surface area contributed by atoms with Gasteiger partial charge in [0, 0.05) is 55.3 Å². The van der Waals surface area contributed by atoms with Crippen LogP contribution in [0.2, 0.25) is 0 Å². The summed E-state index contributed by atoms with van der Waals surface area (Å²) in [6.07, 6.45) is -2.84. The molecule has 0 unspecified atom stereocenters. The van der Waals surface area contributed by atoms with Crippen LogP contribution >= 0.6 is 12.0 Å². The van der Waals surface area contributed by atoms with Gasteiger partial charge in [0.1, 0.15) is 35.4 Å². The van der Waals surface area contributed by atoms with E-state index in [1.807, 2.05) is 30.3 Å². The van der Waals surface area contributed by atoms with Gasteiger partial charge in [0.15, 0.2) is 0 Å². The van der Waals surface area contributed by atoms with E-state index >= 15 is 0 Å². The van der Waals surface area contributed by atoms with Crippen LogP contribution in [-0.2, 0) is 13.7 Å². The fraction of sp³-hybridized carbons (Fsp3) is 0.400. The molecule has 2 fully saturated rings. The highest BCUT2D eigenvalue weighted by Gasteiger charge is 2.33. The molecule has 1 amide bonds. The lowest BCUT2D eigenvalue weighted by Gasteiger charge is -2.30. The Morgan fingerprint density at radius 2 is 1.90 bits per heavy atom. The highest BCUT2D eigenvalue weighted by atomic mass is 32.2. The summed E-state index contributed by atoms with van der Waals surface area (Å²) in [5, 5.41) is 37.9. The third-order valence-electron chi connectivity index (χ3n) is 7.34. The monoisotopic (exact) mass is 578 g/mol. The number of nitriles is 1. The maximum Gasteiger partial charge on any atom is 0.262 e. The molecule has 0 aliphatic carbocycles. The first-order valence-corrected chi connectivity index (χ1v) is 14.6. The lowest BCUT2D eigenvalue weighted by Crippen LogP contribution is -2.49. The van der Waals surface area contributed by atoms with Crippen LogP contribution in [0.15, 0.2) is 58.5 Å². The molecule has 0 spiro atoms. The van der Waals surface area contributed by atoms with Crippen LogP contribution in [0.25, 0.3) is 27.7 Å². The van der Waals surface area contributed by atoms with E-state index in [0.29, 0.717) is 17.1 Å². The van der Waals surface area contributed by atoms with Gasteiger partial charge >= 0.3 is 0 Å². The lowest BCUT2D eigenvalue weighted by atomic mass is 10.0. The number of hydrogen-bond acceptors (Lipinski definition) is 10. The first-order chi connectivity index (χ1) is 19.9. The fourth-order valence-corrected chi connectivity index (χ4v) is 5.62. The number of carbonyl (C=O) groups excluding carboxylic acids is 1. The molecule has 3 aromatic rings. The molecule has 41 heavy (non-hydrogen) atoms. The minimum absolute atomic E-state index is 0.0475. The summed E-state index contributed by atoms with van der Waals surface area (Å²) in [6.45, 7) is 7.00. The van der Waals surface area contributed by atoms with E-state index in [4.69, 9.17) is 13.3 Å². The topological polar surface area (TPSA) is 140 Å². The van der Waals surface area contributed by atoms with Crippen LogP contribution in [0.1, 0.15) is 12.7 Å². The number of rotatable bonds is 9. The molecule has 2 aliphatic rings. The molecule has 0 bridgehead atoms. The zero-order chi connectivity index (χ0) is 28.8. The third kappa shape index (κ3) is 7.11. The Morgan fingerprint density at radius 1 is 1.12 bits per heavy atom. The molecular weight excluding hydrogens is 544 g/mol. The smallest absolute Gasteiger partial charge is 0.262 e. The number of morpholine rings is 1. The number of amides is 1. The normalized spacial score (nSPS) is 22.1. The van der Waals surface area contributed by atoms with Crippen molar-refractivity contribution in [2.24, 2.45) is 0 Å². The Morgan fingerprint density at radius 3 is 2.71 bits per heavy atom. The quantitative estimate of drug-likeness (QED) is 0.170. The van der Waals surface area contributed by atoms with Gasteiger partial charge in [-0.3, -0.25) is 9.69 Å². The first-order valence-electron chi connectivity index (χ1n) is 13.6. The van der Waals surface area contributed by atoms with Gasteiger partial charge in [0.2, 0.25) is 0 Å². The highest BCUT2D eigenvalue weighted by Crippen LogP contribution is 2.30. The first kappa shape index (κ1) is 29.1. The summed E-state index contributed by atoms with van der Waals surface area (Å²) in [4.78, 5) is 15.2. The van der Waals surface area contributed by atoms with Crippen molar-refractivity contribution in [2.45, 2.75) is 25.2 Å². The summed E-state index contributed by atoms with van der Waals surface area (Å²) in [7, 11) is 0. The SMILES string of the molecule is C/C(=C(/C#N)C(=O)NC[C@H]1OSC[C@@H](O)[C@@H]1O)c1ccc(-c2ccc3cc(NCCN4CCOCC4)ccc3c2)o1. The van der Waals surface area contributed by atoms with Crippen LogP contribution in [0, 0.1) is 11.3 Å². The van der Waals surface area contributed by atoms with E-state index < -0.39 is 24.2 Å². The number of furan rings is 1. The van der Waals surface area contributed by atoms with E-state index in [9.17, 15) is 20.3 Å². The Labute approximate surface area is 243 Å². The average molecular weight is 579 g/mol. The van der Waals surface area contributed by atoms with Crippen molar-refractivity contribution in [2.75, 3.05) is 57.0 Å². The molecule has 2 saturated heterocycles. The predicted molar refractivity (Wildman–Crippen MR) is 158 cm³/mol. The molecule has 1 aromatic heterocycles. The van der Waals surface area contributed by atoms with Gasteiger partial charge in [-0.05, 0) is 60.1 Å². The number of allylic oxidation sites excluding steroid dienone is 1. The van der Waals surface area contributed by atoms with Crippen LogP contribution in [-0.4, -0.2) is 91.0 Å². The maximum atomic E-state index is 12.8. The zero-order valence-corrected chi connectivity index (χ0v) is 23.7. The molecule has 3 heterocycles. The molecule has 5 rings (SSSR count). The number of ether oxygens (including phenoxy) is 1. The second-order valence-electron chi connectivity index (χ2n) is 10.1. The van der Waals surface area contributed by atoms with Gasteiger partial charge in [-0.15, -0.1) is 0 Å². The molecule has 2 aromatic carbocycles. The largest absolute Gasteiger partial charge is 0.456 e. The maximum absolute atomic E-state index is 12.8. The highest BCUT2D eigenvalue weighted by molar-refractivity contribution is 7.94. The van der Waals surface area contributed by atoms with Crippen molar-refractivity contribution < 1.29 is 28.3 Å². The number of fused-ring (bicyclic) bond motifs is 1. The lowest BCUT2D eigenvalue weighted by molar-refractivity contribution is -0.118. The fourth-order valence-electron chi connectivity index (χ4n) is 4.85. The van der Waals surface area contributed by atoms with Crippen LogP contribution < -0.4 is 10.6 Å². The van der Waals surface area contributed by atoms with E-state index in [2.05, 4.69) is 33.7 Å². The van der Waals surface area contributed by atoms with Crippen molar-refractivity contribution in [3.63, 3.8) is 0 Å². The van der Waals surface area contributed by atoms with Crippen molar-refractivity contribution in [1.82, 2.24) is 10.2 Å². The Hall–Kier alpha value is -3.37. The molecule has 216 valence electrons. The standard InChI is InChI=1S/C30H34N4O6S/c1-19(24(16-31)30(37)33-17-28-29(36)25(35)18-41-40-28)26-6-7-27(39-26)22-3-2-21-15-23(5-4-20(21)14-22)32-8-9-34-10-12-38-13-11-34/h2-7,14-15,25,28-29,32,35-36H,8-13,17-18H2,1H3,(H,33,37)/b24-19+/t25-,28-,29+/m1/s1. The van der Waals surface area contributed by atoms with E-state index in [1.54, 1.807) is 13.0 Å². The van der Waals surface area contributed by atoms with Crippen molar-refractivity contribution >= 4 is 40.0 Å². The van der Waals surface area contributed by atoms with Gasteiger partial charge in [-0.1, -0.05) is 18.2 Å². The second-order valence-corrected chi connectivity index (χ2v) is 10.9. The minimum Gasteiger partial charge on any atom is -0.456 e. The van der Waals surface area contributed by atoms with Gasteiger partial charge in [0.05, 0.1) is 19.3 Å². The number of benzene rings is 2. The summed E-state index contributed by atoms with van der Waals surface area (Å²) in [6, 6.07) is 17.9. The Balaban J connectivity index is 1.23. The van der Waals surface area contributed by atoms with E-state index in [-0.39, 0.29) is 17.9 Å². The molecule has 4 N–H and O–H groups in total. The Kier molecular flexibility index (Phi) is 9.61. The molecule has 0 radical (unpaired) electrons. The number of aliphatic hydroxyl groups is 2. The van der Waals surface area contributed by atoms with Crippen molar-refractivity contribution in [3.8, 4) is 17.4 Å². The third-order valence-corrected chi connectivity index (χ3v) is 8.21. The zero-order valence-electron chi connectivity index (χ0n) is 22.8. The van der Waals surface area contributed by atoms with E-state index in [1.165, 1.54) is 0 Å². The van der Waals surface area contributed by atoms with Crippen LogP contribution in [0.5, 0.6) is 0 Å². The number of aliphatic hydroxyl groups excluding tert-OH is 2.